The van der Waals surface area contributed by atoms with E-state index in [4.69, 9.17) is 0 Å². The monoisotopic (exact) mass is 359 g/mol. The van der Waals surface area contributed by atoms with Crippen LogP contribution in [0.3, 0.4) is 0 Å². The molecule has 1 nitrogen and oxygen atoms in total. The van der Waals surface area contributed by atoms with Crippen LogP contribution in [0.25, 0.3) is 38.6 Å². The van der Waals surface area contributed by atoms with Crippen LogP contribution in [0.2, 0.25) is 0 Å². The molecule has 0 saturated heterocycles. The van der Waals surface area contributed by atoms with Crippen molar-refractivity contribution < 1.29 is 0 Å². The first kappa shape index (κ1) is 15.7. The lowest BCUT2D eigenvalue weighted by molar-refractivity contribution is 0.943. The van der Waals surface area contributed by atoms with E-state index in [0.717, 1.165) is 12.8 Å². The molecule has 0 spiro atoms. The molecule has 4 aromatic carbocycles. The Hall–Kier alpha value is -3.32. The number of rotatable bonds is 1. The van der Waals surface area contributed by atoms with Gasteiger partial charge in [0.05, 0.1) is 11.0 Å². The van der Waals surface area contributed by atoms with Crippen LogP contribution >= 0.6 is 0 Å². The third-order valence-corrected chi connectivity index (χ3v) is 6.17. The van der Waals surface area contributed by atoms with E-state index in [1.165, 1.54) is 55.3 Å². The van der Waals surface area contributed by atoms with E-state index in [2.05, 4.69) is 96.4 Å². The molecule has 1 heterocycles. The molecule has 0 amide bonds. The van der Waals surface area contributed by atoms with Gasteiger partial charge in [0.2, 0.25) is 0 Å². The minimum absolute atomic E-state index is 1.11. The van der Waals surface area contributed by atoms with Crippen LogP contribution in [0.15, 0.2) is 84.9 Å². The number of para-hydroxylation sites is 1. The Morgan fingerprint density at radius 1 is 0.643 bits per heavy atom. The van der Waals surface area contributed by atoms with E-state index in [1.54, 1.807) is 0 Å². The average Bonchev–Trinajstić information content (AvgIpc) is 3.09. The lowest BCUT2D eigenvalue weighted by Gasteiger charge is -2.22. The van der Waals surface area contributed by atoms with Gasteiger partial charge in [0.25, 0.3) is 0 Å². The number of hydrogen-bond acceptors (Lipinski definition) is 0. The van der Waals surface area contributed by atoms with Gasteiger partial charge in [0.1, 0.15) is 0 Å². The third-order valence-electron chi connectivity index (χ3n) is 6.17. The molecule has 5 aromatic rings. The summed E-state index contributed by atoms with van der Waals surface area (Å²) in [5.41, 5.74) is 10.9. The number of aromatic nitrogens is 1. The number of fused-ring (bicyclic) bond motifs is 7. The Balaban J connectivity index is 1.83. The van der Waals surface area contributed by atoms with Crippen molar-refractivity contribution >= 4 is 21.8 Å². The Bertz CT molecular complexity index is 1350. The maximum absolute atomic E-state index is 2.46. The molecule has 0 unspecified atom stereocenters. The molecule has 0 fully saturated rings. The fraction of sp³-hybridized carbons (Fsp3) is 0.111. The van der Waals surface area contributed by atoms with Crippen LogP contribution < -0.4 is 0 Å². The smallest absolute Gasteiger partial charge is 0.0622 e. The summed E-state index contributed by atoms with van der Waals surface area (Å²) in [6.45, 7) is 2.15. The van der Waals surface area contributed by atoms with Crippen molar-refractivity contribution in [3.8, 4) is 16.8 Å². The Labute approximate surface area is 164 Å². The summed E-state index contributed by atoms with van der Waals surface area (Å²) in [7, 11) is 0. The molecule has 0 saturated carbocycles. The molecule has 0 aliphatic heterocycles. The fourth-order valence-electron chi connectivity index (χ4n) is 4.82. The van der Waals surface area contributed by atoms with E-state index in [0.29, 0.717) is 0 Å². The van der Waals surface area contributed by atoms with Gasteiger partial charge in [-0.2, -0.15) is 0 Å². The maximum atomic E-state index is 2.46. The van der Waals surface area contributed by atoms with Crippen molar-refractivity contribution in [2.24, 2.45) is 0 Å². The van der Waals surface area contributed by atoms with Crippen LogP contribution in [0.1, 0.15) is 16.7 Å². The number of benzene rings is 4. The number of aryl methyl sites for hydroxylation is 3. The zero-order valence-corrected chi connectivity index (χ0v) is 15.9. The van der Waals surface area contributed by atoms with Crippen LogP contribution in [0.5, 0.6) is 0 Å². The molecular weight excluding hydrogens is 338 g/mol. The second-order valence-corrected chi connectivity index (χ2v) is 7.84. The first-order valence-electron chi connectivity index (χ1n) is 10.0. The van der Waals surface area contributed by atoms with Crippen LogP contribution in [0.4, 0.5) is 0 Å². The Kier molecular flexibility index (Phi) is 3.28. The summed E-state index contributed by atoms with van der Waals surface area (Å²) in [5.74, 6) is 0. The molecule has 0 N–H and O–H groups in total. The Morgan fingerprint density at radius 2 is 1.39 bits per heavy atom. The normalized spacial score (nSPS) is 12.9. The first-order valence-corrected chi connectivity index (χ1v) is 10.0. The van der Waals surface area contributed by atoms with Gasteiger partial charge in [-0.1, -0.05) is 72.3 Å². The largest absolute Gasteiger partial charge is 0.309 e. The van der Waals surface area contributed by atoms with Gasteiger partial charge in [-0.15, -0.1) is 0 Å². The fourth-order valence-corrected chi connectivity index (χ4v) is 4.82. The highest BCUT2D eigenvalue weighted by Gasteiger charge is 2.23. The third kappa shape index (κ3) is 2.13. The lowest BCUT2D eigenvalue weighted by atomic mass is 9.84. The zero-order chi connectivity index (χ0) is 18.7. The quantitative estimate of drug-likeness (QED) is 0.308. The topological polar surface area (TPSA) is 4.93 Å². The highest BCUT2D eigenvalue weighted by molar-refractivity contribution is 6.14. The Morgan fingerprint density at radius 3 is 2.29 bits per heavy atom. The van der Waals surface area contributed by atoms with Crippen LogP contribution in [0, 0.1) is 6.92 Å². The van der Waals surface area contributed by atoms with E-state index in [9.17, 15) is 0 Å². The molecule has 6 rings (SSSR count). The van der Waals surface area contributed by atoms with Crippen molar-refractivity contribution in [3.05, 3.63) is 102 Å². The molecule has 0 bridgehead atoms. The van der Waals surface area contributed by atoms with E-state index < -0.39 is 0 Å². The van der Waals surface area contributed by atoms with Crippen molar-refractivity contribution in [2.75, 3.05) is 0 Å². The average molecular weight is 359 g/mol. The highest BCUT2D eigenvalue weighted by atomic mass is 15.0. The van der Waals surface area contributed by atoms with E-state index in [1.807, 2.05) is 0 Å². The van der Waals surface area contributed by atoms with E-state index >= 15 is 0 Å². The van der Waals surface area contributed by atoms with E-state index in [-0.39, 0.29) is 0 Å². The molecule has 28 heavy (non-hydrogen) atoms. The number of nitrogens with zero attached hydrogens (tertiary/aromatic N) is 1. The van der Waals surface area contributed by atoms with Crippen molar-refractivity contribution in [3.63, 3.8) is 0 Å². The van der Waals surface area contributed by atoms with Gasteiger partial charge in [0, 0.05) is 22.0 Å². The van der Waals surface area contributed by atoms with Crippen LogP contribution in [-0.4, -0.2) is 4.57 Å². The summed E-state index contributed by atoms with van der Waals surface area (Å²) >= 11 is 0. The summed E-state index contributed by atoms with van der Waals surface area (Å²) in [6.07, 6.45) is 2.23. The lowest BCUT2D eigenvalue weighted by Crippen LogP contribution is -2.06. The van der Waals surface area contributed by atoms with Crippen molar-refractivity contribution in [2.45, 2.75) is 19.8 Å². The summed E-state index contributed by atoms with van der Waals surface area (Å²) in [5, 5.41) is 2.66. The maximum Gasteiger partial charge on any atom is 0.0622 e. The van der Waals surface area contributed by atoms with Gasteiger partial charge in [-0.05, 0) is 54.7 Å². The summed E-state index contributed by atoms with van der Waals surface area (Å²) in [4.78, 5) is 0. The van der Waals surface area contributed by atoms with Crippen molar-refractivity contribution in [1.29, 1.82) is 0 Å². The molecule has 1 aromatic heterocycles. The molecular formula is C27H21N. The SMILES string of the molecule is Cc1ccc(-n2c3ccccc3c3ccc4c(c32)-c2ccccc2CC4)cc1. The number of hydrogen-bond donors (Lipinski definition) is 0. The second kappa shape index (κ2) is 5.84. The standard InChI is InChI=1S/C27H21N/c1-18-10-15-21(16-11-18)28-25-9-5-4-8-23(25)24-17-14-20-13-12-19-6-2-3-7-22(19)26(20)27(24)28/h2-11,14-17H,12-13H2,1H3. The summed E-state index contributed by atoms with van der Waals surface area (Å²) < 4.78 is 2.46. The van der Waals surface area contributed by atoms with Gasteiger partial charge in [0.15, 0.2) is 0 Å². The molecule has 134 valence electrons. The first-order chi connectivity index (χ1) is 13.8. The van der Waals surface area contributed by atoms with Crippen LogP contribution in [-0.2, 0) is 12.8 Å². The van der Waals surface area contributed by atoms with Crippen molar-refractivity contribution in [1.82, 2.24) is 4.57 Å². The molecule has 1 aliphatic carbocycles. The minimum atomic E-state index is 1.11. The molecule has 0 radical (unpaired) electrons. The molecule has 0 atom stereocenters. The molecule has 1 heteroatoms. The minimum Gasteiger partial charge on any atom is -0.309 e. The predicted molar refractivity (Wildman–Crippen MR) is 118 cm³/mol. The van der Waals surface area contributed by atoms with Gasteiger partial charge in [-0.25, -0.2) is 0 Å². The predicted octanol–water partition coefficient (Wildman–Crippen LogP) is 6.86. The van der Waals surface area contributed by atoms with Gasteiger partial charge >= 0.3 is 0 Å². The van der Waals surface area contributed by atoms with Gasteiger partial charge in [-0.3, -0.25) is 0 Å². The zero-order valence-electron chi connectivity index (χ0n) is 15.9. The van der Waals surface area contributed by atoms with Gasteiger partial charge < -0.3 is 4.57 Å². The highest BCUT2D eigenvalue weighted by Crippen LogP contribution is 2.43. The summed E-state index contributed by atoms with van der Waals surface area (Å²) in [6, 6.07) is 31.3. The second-order valence-electron chi connectivity index (χ2n) is 7.84. The molecule has 1 aliphatic rings.